The Balaban J connectivity index is 2.65. The van der Waals surface area contributed by atoms with Crippen LogP contribution >= 0.6 is 15.9 Å². The van der Waals surface area contributed by atoms with E-state index in [4.69, 9.17) is 0 Å². The fraction of sp³-hybridized carbons (Fsp3) is 0.455. The van der Waals surface area contributed by atoms with Gasteiger partial charge in [0.2, 0.25) is 0 Å². The number of anilines is 1. The highest BCUT2D eigenvalue weighted by molar-refractivity contribution is 9.10. The molecule has 4 nitrogen and oxygen atoms in total. The first-order valence-corrected chi connectivity index (χ1v) is 6.25. The standard InChI is InChI=1S/C11H12BrF3N2O2/c1-7-5-9(8(12)6-10(7)17(18)19)16-4-2-3-11(13,14)15/h5-6,16H,2-4H2,1H3. The molecule has 0 aliphatic carbocycles. The molecule has 1 aromatic carbocycles. The molecule has 1 N–H and O–H groups in total. The van der Waals surface area contributed by atoms with E-state index in [0.717, 1.165) is 0 Å². The predicted molar refractivity (Wildman–Crippen MR) is 69.3 cm³/mol. The lowest BCUT2D eigenvalue weighted by Crippen LogP contribution is -2.11. The highest BCUT2D eigenvalue weighted by Gasteiger charge is 2.25. The van der Waals surface area contributed by atoms with Crippen LogP contribution in [0.3, 0.4) is 0 Å². The second-order valence-electron chi connectivity index (χ2n) is 4.02. The van der Waals surface area contributed by atoms with E-state index in [9.17, 15) is 23.3 Å². The molecule has 0 unspecified atom stereocenters. The van der Waals surface area contributed by atoms with Crippen molar-refractivity contribution in [1.82, 2.24) is 0 Å². The summed E-state index contributed by atoms with van der Waals surface area (Å²) in [6.07, 6.45) is -5.07. The molecule has 1 rings (SSSR count). The van der Waals surface area contributed by atoms with Crippen molar-refractivity contribution in [2.45, 2.75) is 25.9 Å². The van der Waals surface area contributed by atoms with Crippen LogP contribution in [0.15, 0.2) is 16.6 Å². The fourth-order valence-corrected chi connectivity index (χ4v) is 1.99. The second kappa shape index (κ2) is 6.23. The molecule has 106 valence electrons. The van der Waals surface area contributed by atoms with E-state index in [1.54, 1.807) is 6.92 Å². The normalized spacial score (nSPS) is 11.4. The van der Waals surface area contributed by atoms with Gasteiger partial charge < -0.3 is 5.32 Å². The van der Waals surface area contributed by atoms with Gasteiger partial charge in [0.25, 0.3) is 5.69 Å². The molecular weight excluding hydrogens is 329 g/mol. The van der Waals surface area contributed by atoms with Crippen molar-refractivity contribution in [2.24, 2.45) is 0 Å². The minimum Gasteiger partial charge on any atom is -0.384 e. The van der Waals surface area contributed by atoms with Crippen LogP contribution in [0.4, 0.5) is 24.5 Å². The molecule has 1 aromatic rings. The van der Waals surface area contributed by atoms with E-state index in [1.165, 1.54) is 12.1 Å². The first kappa shape index (κ1) is 15.7. The van der Waals surface area contributed by atoms with Gasteiger partial charge in [0, 0.05) is 34.8 Å². The van der Waals surface area contributed by atoms with E-state index in [0.29, 0.717) is 15.7 Å². The monoisotopic (exact) mass is 340 g/mol. The van der Waals surface area contributed by atoms with Crippen molar-refractivity contribution in [1.29, 1.82) is 0 Å². The van der Waals surface area contributed by atoms with Crippen LogP contribution in [-0.2, 0) is 0 Å². The van der Waals surface area contributed by atoms with Crippen LogP contribution in [0.25, 0.3) is 0 Å². The fourth-order valence-electron chi connectivity index (χ4n) is 1.52. The Morgan fingerprint density at radius 1 is 1.42 bits per heavy atom. The van der Waals surface area contributed by atoms with E-state index >= 15 is 0 Å². The van der Waals surface area contributed by atoms with Gasteiger partial charge in [-0.1, -0.05) is 0 Å². The molecule has 0 amide bonds. The lowest BCUT2D eigenvalue weighted by atomic mass is 10.2. The van der Waals surface area contributed by atoms with Crippen LogP contribution in [0.5, 0.6) is 0 Å². The predicted octanol–water partition coefficient (Wildman–Crippen LogP) is 4.42. The maximum Gasteiger partial charge on any atom is 0.389 e. The molecular formula is C11H12BrF3N2O2. The topological polar surface area (TPSA) is 55.2 Å². The first-order valence-electron chi connectivity index (χ1n) is 5.46. The number of alkyl halides is 3. The lowest BCUT2D eigenvalue weighted by molar-refractivity contribution is -0.385. The van der Waals surface area contributed by atoms with Gasteiger partial charge in [0.1, 0.15) is 0 Å². The van der Waals surface area contributed by atoms with E-state index in [-0.39, 0.29) is 18.7 Å². The molecule has 0 fully saturated rings. The molecule has 8 heteroatoms. The third kappa shape index (κ3) is 5.06. The van der Waals surface area contributed by atoms with Gasteiger partial charge in [-0.25, -0.2) is 0 Å². The smallest absolute Gasteiger partial charge is 0.384 e. The summed E-state index contributed by atoms with van der Waals surface area (Å²) in [5, 5.41) is 13.5. The summed E-state index contributed by atoms with van der Waals surface area (Å²) in [7, 11) is 0. The van der Waals surface area contributed by atoms with E-state index < -0.39 is 17.5 Å². The number of halogens is 4. The number of hydrogen-bond donors (Lipinski definition) is 1. The zero-order chi connectivity index (χ0) is 14.6. The summed E-state index contributed by atoms with van der Waals surface area (Å²) in [6, 6.07) is 2.87. The zero-order valence-corrected chi connectivity index (χ0v) is 11.6. The quantitative estimate of drug-likeness (QED) is 0.490. The van der Waals surface area contributed by atoms with E-state index in [2.05, 4.69) is 21.2 Å². The summed E-state index contributed by atoms with van der Waals surface area (Å²) in [5.74, 6) is 0. The summed E-state index contributed by atoms with van der Waals surface area (Å²) in [4.78, 5) is 10.2. The number of benzene rings is 1. The van der Waals surface area contributed by atoms with Gasteiger partial charge in [-0.05, 0) is 35.3 Å². The molecule has 0 aliphatic rings. The zero-order valence-electron chi connectivity index (χ0n) is 10.1. The van der Waals surface area contributed by atoms with Crippen molar-refractivity contribution in [3.05, 3.63) is 32.3 Å². The number of nitrogens with zero attached hydrogens (tertiary/aromatic N) is 1. The van der Waals surface area contributed by atoms with Crippen LogP contribution in [0.1, 0.15) is 18.4 Å². The minimum atomic E-state index is -4.16. The highest BCUT2D eigenvalue weighted by atomic mass is 79.9. The van der Waals surface area contributed by atoms with Gasteiger partial charge in [0.05, 0.1) is 4.92 Å². The Kier molecular flexibility index (Phi) is 5.16. The van der Waals surface area contributed by atoms with Gasteiger partial charge in [-0.3, -0.25) is 10.1 Å². The molecule has 0 aromatic heterocycles. The second-order valence-corrected chi connectivity index (χ2v) is 4.88. The Hall–Kier alpha value is -1.31. The Morgan fingerprint density at radius 2 is 2.05 bits per heavy atom. The van der Waals surface area contributed by atoms with Gasteiger partial charge in [-0.15, -0.1) is 0 Å². The summed E-state index contributed by atoms with van der Waals surface area (Å²) < 4.78 is 36.3. The van der Waals surface area contributed by atoms with Crippen molar-refractivity contribution in [3.63, 3.8) is 0 Å². The average molecular weight is 341 g/mol. The molecule has 0 spiro atoms. The van der Waals surface area contributed by atoms with Crippen LogP contribution in [0, 0.1) is 17.0 Å². The minimum absolute atomic E-state index is 0.0345. The highest BCUT2D eigenvalue weighted by Crippen LogP contribution is 2.30. The summed E-state index contributed by atoms with van der Waals surface area (Å²) in [6.45, 7) is 1.72. The number of rotatable bonds is 5. The number of hydrogen-bond acceptors (Lipinski definition) is 3. The SMILES string of the molecule is Cc1cc(NCCCC(F)(F)F)c(Br)cc1[N+](=O)[O-]. The number of nitro benzene ring substituents is 1. The molecule has 0 aliphatic heterocycles. The Morgan fingerprint density at radius 3 is 2.58 bits per heavy atom. The van der Waals surface area contributed by atoms with Gasteiger partial charge in [0.15, 0.2) is 0 Å². The summed E-state index contributed by atoms with van der Waals surface area (Å²) in [5.41, 5.74) is 0.963. The molecule has 0 atom stereocenters. The van der Waals surface area contributed by atoms with Crippen LogP contribution < -0.4 is 5.32 Å². The Labute approximate surface area is 116 Å². The summed E-state index contributed by atoms with van der Waals surface area (Å²) >= 11 is 3.15. The third-order valence-corrected chi connectivity index (χ3v) is 3.09. The maximum absolute atomic E-state index is 12.0. The molecule has 19 heavy (non-hydrogen) atoms. The van der Waals surface area contributed by atoms with Gasteiger partial charge in [-0.2, -0.15) is 13.2 Å². The van der Waals surface area contributed by atoms with Crippen molar-refractivity contribution < 1.29 is 18.1 Å². The molecule has 0 bridgehead atoms. The maximum atomic E-state index is 12.0. The van der Waals surface area contributed by atoms with Crippen molar-refractivity contribution >= 4 is 27.3 Å². The first-order chi connectivity index (χ1) is 8.70. The van der Waals surface area contributed by atoms with Crippen molar-refractivity contribution in [2.75, 3.05) is 11.9 Å². The third-order valence-electron chi connectivity index (χ3n) is 2.43. The van der Waals surface area contributed by atoms with E-state index in [1.807, 2.05) is 0 Å². The molecule has 0 saturated heterocycles. The lowest BCUT2D eigenvalue weighted by Gasteiger charge is -2.11. The molecule has 0 saturated carbocycles. The van der Waals surface area contributed by atoms with Crippen molar-refractivity contribution in [3.8, 4) is 0 Å². The molecule has 0 radical (unpaired) electrons. The van der Waals surface area contributed by atoms with Crippen LogP contribution in [-0.4, -0.2) is 17.6 Å². The Bertz CT molecular complexity index is 478. The number of aryl methyl sites for hydroxylation is 1. The molecule has 0 heterocycles. The average Bonchev–Trinajstić information content (AvgIpc) is 2.26. The number of nitrogens with one attached hydrogen (secondary N) is 1. The van der Waals surface area contributed by atoms with Gasteiger partial charge >= 0.3 is 6.18 Å². The number of nitro groups is 1. The largest absolute Gasteiger partial charge is 0.389 e. The van der Waals surface area contributed by atoms with Crippen LogP contribution in [0.2, 0.25) is 0 Å².